The first kappa shape index (κ1) is 22.3. The molecule has 1 aromatic carbocycles. The van der Waals surface area contributed by atoms with Gasteiger partial charge in [-0.05, 0) is 43.9 Å². The summed E-state index contributed by atoms with van der Waals surface area (Å²) in [4.78, 5) is 12.7. The van der Waals surface area contributed by atoms with Crippen molar-refractivity contribution < 1.29 is 13.5 Å². The van der Waals surface area contributed by atoms with Crippen LogP contribution in [-0.4, -0.2) is 50.4 Å². The van der Waals surface area contributed by atoms with Gasteiger partial charge in [0.15, 0.2) is 11.6 Å². The highest BCUT2D eigenvalue weighted by Gasteiger charge is 2.29. The molecule has 0 bridgehead atoms. The fourth-order valence-electron chi connectivity index (χ4n) is 4.01. The summed E-state index contributed by atoms with van der Waals surface area (Å²) in [7, 11) is -3.76. The third kappa shape index (κ3) is 4.79. The van der Waals surface area contributed by atoms with E-state index >= 15 is 0 Å². The second-order valence-corrected chi connectivity index (χ2v) is 9.98. The Labute approximate surface area is 187 Å². The number of hydrogen-bond donors (Lipinski definition) is 3. The van der Waals surface area contributed by atoms with Crippen molar-refractivity contribution in [3.63, 3.8) is 0 Å². The Morgan fingerprint density at radius 1 is 1.25 bits per heavy atom. The van der Waals surface area contributed by atoms with E-state index in [1.54, 1.807) is 18.2 Å². The van der Waals surface area contributed by atoms with Gasteiger partial charge in [-0.15, -0.1) is 0 Å². The number of aromatic nitrogens is 5. The van der Waals surface area contributed by atoms with Crippen molar-refractivity contribution >= 4 is 15.8 Å². The number of hydrogen-bond acceptors (Lipinski definition) is 8. The summed E-state index contributed by atoms with van der Waals surface area (Å²) in [5, 5.41) is 14.7. The molecular weight excluding hydrogens is 430 g/mol. The minimum atomic E-state index is -3.76. The lowest BCUT2D eigenvalue weighted by molar-refractivity contribution is -0.00214. The first-order valence-corrected chi connectivity index (χ1v) is 12.1. The van der Waals surface area contributed by atoms with E-state index in [1.807, 2.05) is 6.92 Å². The van der Waals surface area contributed by atoms with Crippen LogP contribution in [-0.2, 0) is 10.0 Å². The fraction of sp³-hybridized carbons (Fsp3) is 0.429. The van der Waals surface area contributed by atoms with Gasteiger partial charge in [-0.3, -0.25) is 0 Å². The van der Waals surface area contributed by atoms with Gasteiger partial charge in [0.1, 0.15) is 12.7 Å². The maximum Gasteiger partial charge on any atom is 0.240 e. The molecule has 11 heteroatoms. The maximum absolute atomic E-state index is 12.9. The molecule has 1 aliphatic carbocycles. The van der Waals surface area contributed by atoms with E-state index in [4.69, 9.17) is 5.73 Å². The number of aliphatic hydroxyl groups is 1. The number of nitrogens with one attached hydrogen (secondary N) is 1. The molecule has 2 aromatic heterocycles. The highest BCUT2D eigenvalue weighted by atomic mass is 32.2. The van der Waals surface area contributed by atoms with Crippen molar-refractivity contribution in [3.8, 4) is 17.1 Å². The summed E-state index contributed by atoms with van der Waals surface area (Å²) in [6.07, 6.45) is 9.22. The molecule has 0 aliphatic heterocycles. The van der Waals surface area contributed by atoms with Crippen LogP contribution in [0.5, 0.6) is 0 Å². The molecule has 4 N–H and O–H groups in total. The molecule has 3 aromatic rings. The summed E-state index contributed by atoms with van der Waals surface area (Å²) < 4.78 is 29.8. The number of aryl methyl sites for hydroxylation is 1. The van der Waals surface area contributed by atoms with Gasteiger partial charge < -0.3 is 10.8 Å². The number of nitrogen functional groups attached to an aromatic ring is 1. The van der Waals surface area contributed by atoms with Crippen molar-refractivity contribution in [3.05, 3.63) is 42.6 Å². The quantitative estimate of drug-likeness (QED) is 0.487. The molecule has 0 saturated heterocycles. The molecule has 0 amide bonds. The maximum atomic E-state index is 12.9. The van der Waals surface area contributed by atoms with Gasteiger partial charge in [-0.25, -0.2) is 28.1 Å². The molecule has 1 saturated carbocycles. The van der Waals surface area contributed by atoms with E-state index in [0.717, 1.165) is 24.8 Å². The highest BCUT2D eigenvalue weighted by molar-refractivity contribution is 7.89. The van der Waals surface area contributed by atoms with Gasteiger partial charge >= 0.3 is 0 Å². The minimum Gasteiger partial charge on any atom is -0.390 e. The van der Waals surface area contributed by atoms with Gasteiger partial charge in [0.2, 0.25) is 10.0 Å². The zero-order chi connectivity index (χ0) is 22.8. The highest BCUT2D eigenvalue weighted by Crippen LogP contribution is 2.31. The standard InChI is InChI=1S/C21H27N7O3S/c1-15-5-6-16(32(30,31)26-10-9-21(29)7-3-2-4-8-21)11-17(15)18-12-24-19(22)20(27-18)28-14-23-13-25-28/h5-6,11-14,26,29H,2-4,7-10H2,1H3,(H2,22,24). The summed E-state index contributed by atoms with van der Waals surface area (Å²) in [6.45, 7) is 2.05. The monoisotopic (exact) mass is 457 g/mol. The minimum absolute atomic E-state index is 0.120. The van der Waals surface area contributed by atoms with Crippen molar-refractivity contribution in [1.82, 2.24) is 29.5 Å². The molecule has 0 spiro atoms. The smallest absolute Gasteiger partial charge is 0.240 e. The number of rotatable bonds is 7. The largest absolute Gasteiger partial charge is 0.390 e. The lowest BCUT2D eigenvalue weighted by Gasteiger charge is -2.32. The molecule has 0 atom stereocenters. The van der Waals surface area contributed by atoms with Gasteiger partial charge in [0.25, 0.3) is 0 Å². The second-order valence-electron chi connectivity index (χ2n) is 8.21. The van der Waals surface area contributed by atoms with Crippen molar-refractivity contribution in [2.75, 3.05) is 12.3 Å². The molecule has 1 fully saturated rings. The molecule has 32 heavy (non-hydrogen) atoms. The van der Waals surface area contributed by atoms with E-state index in [9.17, 15) is 13.5 Å². The lowest BCUT2D eigenvalue weighted by atomic mass is 9.83. The fourth-order valence-corrected chi connectivity index (χ4v) is 5.07. The van der Waals surface area contributed by atoms with Crippen molar-refractivity contribution in [2.24, 2.45) is 0 Å². The molecule has 1 aliphatic rings. The number of sulfonamides is 1. The van der Waals surface area contributed by atoms with Crippen molar-refractivity contribution in [1.29, 1.82) is 0 Å². The first-order chi connectivity index (χ1) is 15.3. The van der Waals surface area contributed by atoms with Crippen LogP contribution in [0.1, 0.15) is 44.1 Å². The summed E-state index contributed by atoms with van der Waals surface area (Å²) in [5.41, 5.74) is 7.08. The SMILES string of the molecule is Cc1ccc(S(=O)(=O)NCCC2(O)CCCCC2)cc1-c1cnc(N)c(-n2cncn2)n1. The molecule has 170 valence electrons. The zero-order valence-electron chi connectivity index (χ0n) is 17.9. The molecule has 0 radical (unpaired) electrons. The summed E-state index contributed by atoms with van der Waals surface area (Å²) in [5.74, 6) is 0.495. The third-order valence-electron chi connectivity index (χ3n) is 5.88. The van der Waals surface area contributed by atoms with Crippen LogP contribution >= 0.6 is 0 Å². The van der Waals surface area contributed by atoms with Crippen LogP contribution in [0.25, 0.3) is 17.1 Å². The number of nitrogens with two attached hydrogens (primary N) is 1. The van der Waals surface area contributed by atoms with Crippen LogP contribution in [0.4, 0.5) is 5.82 Å². The Kier molecular flexibility index (Phi) is 6.22. The Morgan fingerprint density at radius 3 is 2.75 bits per heavy atom. The zero-order valence-corrected chi connectivity index (χ0v) is 18.7. The molecule has 4 rings (SSSR count). The predicted octanol–water partition coefficient (Wildman–Crippen LogP) is 1.98. The Bertz CT molecular complexity index is 1190. The average Bonchev–Trinajstić information content (AvgIpc) is 3.29. The van der Waals surface area contributed by atoms with E-state index < -0.39 is 15.6 Å². The van der Waals surface area contributed by atoms with E-state index in [1.165, 1.54) is 23.5 Å². The number of nitrogens with zero attached hydrogens (tertiary/aromatic N) is 5. The van der Waals surface area contributed by atoms with Gasteiger partial charge in [-0.2, -0.15) is 9.78 Å². The van der Waals surface area contributed by atoms with Gasteiger partial charge in [0.05, 0.1) is 22.4 Å². The van der Waals surface area contributed by atoms with E-state index in [0.29, 0.717) is 36.3 Å². The van der Waals surface area contributed by atoms with E-state index in [-0.39, 0.29) is 17.3 Å². The Hall–Kier alpha value is -2.89. The van der Waals surface area contributed by atoms with Crippen LogP contribution in [0.15, 0.2) is 41.9 Å². The average molecular weight is 458 g/mol. The molecule has 0 unspecified atom stereocenters. The van der Waals surface area contributed by atoms with Crippen LogP contribution in [0, 0.1) is 6.92 Å². The van der Waals surface area contributed by atoms with Crippen LogP contribution < -0.4 is 10.5 Å². The predicted molar refractivity (Wildman–Crippen MR) is 119 cm³/mol. The topological polar surface area (TPSA) is 149 Å². The summed E-state index contributed by atoms with van der Waals surface area (Å²) in [6, 6.07) is 4.85. The Balaban J connectivity index is 1.57. The first-order valence-electron chi connectivity index (χ1n) is 10.6. The second kappa shape index (κ2) is 8.93. The molecule has 10 nitrogen and oxygen atoms in total. The van der Waals surface area contributed by atoms with E-state index in [2.05, 4.69) is 24.8 Å². The molecule has 2 heterocycles. The summed E-state index contributed by atoms with van der Waals surface area (Å²) >= 11 is 0. The normalized spacial score (nSPS) is 16.2. The Morgan fingerprint density at radius 2 is 2.03 bits per heavy atom. The lowest BCUT2D eigenvalue weighted by Crippen LogP contribution is -2.36. The van der Waals surface area contributed by atoms with Crippen LogP contribution in [0.2, 0.25) is 0 Å². The van der Waals surface area contributed by atoms with Crippen molar-refractivity contribution in [2.45, 2.75) is 55.9 Å². The molecular formula is C21H27N7O3S. The number of benzene rings is 1. The van der Waals surface area contributed by atoms with Crippen LogP contribution in [0.3, 0.4) is 0 Å². The van der Waals surface area contributed by atoms with Gasteiger partial charge in [0, 0.05) is 12.1 Å². The number of anilines is 1. The third-order valence-corrected chi connectivity index (χ3v) is 7.34. The van der Waals surface area contributed by atoms with Gasteiger partial charge in [-0.1, -0.05) is 25.3 Å².